The largest absolute Gasteiger partial charge is 0.381 e. The molecule has 0 amide bonds. The van der Waals surface area contributed by atoms with Gasteiger partial charge in [0.2, 0.25) is 0 Å². The van der Waals surface area contributed by atoms with Crippen LogP contribution in [0.4, 0.5) is 5.82 Å². The van der Waals surface area contributed by atoms with Gasteiger partial charge in [0.05, 0.1) is 0 Å². The lowest BCUT2D eigenvalue weighted by Gasteiger charge is -2.01. The highest BCUT2D eigenvalue weighted by Crippen LogP contribution is 2.28. The van der Waals surface area contributed by atoms with E-state index in [2.05, 4.69) is 5.16 Å². The van der Waals surface area contributed by atoms with Gasteiger partial charge in [-0.15, -0.1) is 0 Å². The zero-order chi connectivity index (χ0) is 7.68. The van der Waals surface area contributed by atoms with Crippen LogP contribution in [0.25, 0.3) is 0 Å². The molecule has 1 atom stereocenters. The van der Waals surface area contributed by atoms with Crippen molar-refractivity contribution in [2.45, 2.75) is 18.9 Å². The van der Waals surface area contributed by atoms with Crippen LogP contribution in [0.15, 0.2) is 10.6 Å². The minimum atomic E-state index is 0.0831. The molecule has 1 unspecified atom stereocenters. The van der Waals surface area contributed by atoms with Gasteiger partial charge in [-0.05, 0) is 12.8 Å². The van der Waals surface area contributed by atoms with E-state index in [1.807, 2.05) is 0 Å². The lowest BCUT2D eigenvalue weighted by atomic mass is 10.2. The molecule has 0 saturated carbocycles. The first kappa shape index (κ1) is 6.67. The van der Waals surface area contributed by atoms with E-state index in [1.165, 1.54) is 0 Å². The maximum absolute atomic E-state index is 5.39. The van der Waals surface area contributed by atoms with Gasteiger partial charge in [-0.3, -0.25) is 0 Å². The summed E-state index contributed by atoms with van der Waals surface area (Å²) in [6.07, 6.45) is 2.18. The number of anilines is 1. The molecule has 11 heavy (non-hydrogen) atoms. The third-order valence-corrected chi connectivity index (χ3v) is 1.79. The quantitative estimate of drug-likeness (QED) is 0.658. The predicted octanol–water partition coefficient (Wildman–Crippen LogP) is 1.11. The first-order valence-electron chi connectivity index (χ1n) is 3.70. The van der Waals surface area contributed by atoms with Gasteiger partial charge in [0.25, 0.3) is 0 Å². The first-order valence-corrected chi connectivity index (χ1v) is 3.70. The standard InChI is InChI=1S/C7H10N2O2/c8-7-4-6(11-9-7)5-2-1-3-10-5/h4-5H,1-3H2,(H2,8,9). The van der Waals surface area contributed by atoms with Crippen molar-refractivity contribution in [2.75, 3.05) is 12.3 Å². The number of nitrogen functional groups attached to an aromatic ring is 1. The topological polar surface area (TPSA) is 61.3 Å². The molecular formula is C7H10N2O2. The Morgan fingerprint density at radius 2 is 2.55 bits per heavy atom. The summed E-state index contributed by atoms with van der Waals surface area (Å²) in [6, 6.07) is 1.72. The molecule has 0 aromatic carbocycles. The summed E-state index contributed by atoms with van der Waals surface area (Å²) < 4.78 is 10.3. The van der Waals surface area contributed by atoms with Crippen LogP contribution in [0.1, 0.15) is 24.7 Å². The molecule has 2 N–H and O–H groups in total. The number of hydrogen-bond acceptors (Lipinski definition) is 4. The zero-order valence-corrected chi connectivity index (χ0v) is 6.12. The molecule has 1 fully saturated rings. The zero-order valence-electron chi connectivity index (χ0n) is 6.12. The molecule has 1 aliphatic rings. The number of hydrogen-bond donors (Lipinski definition) is 1. The van der Waals surface area contributed by atoms with E-state index in [1.54, 1.807) is 6.07 Å². The van der Waals surface area contributed by atoms with Crippen LogP contribution in [0.2, 0.25) is 0 Å². The van der Waals surface area contributed by atoms with Crippen LogP contribution in [0.5, 0.6) is 0 Å². The Morgan fingerprint density at radius 3 is 3.09 bits per heavy atom. The smallest absolute Gasteiger partial charge is 0.167 e. The molecule has 0 aliphatic carbocycles. The van der Waals surface area contributed by atoms with Gasteiger partial charge in [0.15, 0.2) is 11.6 Å². The van der Waals surface area contributed by atoms with E-state index >= 15 is 0 Å². The van der Waals surface area contributed by atoms with Crippen LogP contribution < -0.4 is 5.73 Å². The Kier molecular flexibility index (Phi) is 1.54. The van der Waals surface area contributed by atoms with Gasteiger partial charge in [-0.2, -0.15) is 0 Å². The summed E-state index contributed by atoms with van der Waals surface area (Å²) >= 11 is 0. The summed E-state index contributed by atoms with van der Waals surface area (Å²) in [7, 11) is 0. The molecule has 2 heterocycles. The van der Waals surface area contributed by atoms with Crippen LogP contribution in [-0.4, -0.2) is 11.8 Å². The van der Waals surface area contributed by atoms with Crippen LogP contribution in [0, 0.1) is 0 Å². The minimum absolute atomic E-state index is 0.0831. The number of aromatic nitrogens is 1. The highest BCUT2D eigenvalue weighted by molar-refractivity contribution is 5.27. The molecule has 2 rings (SSSR count). The molecule has 1 saturated heterocycles. The van der Waals surface area contributed by atoms with Crippen molar-refractivity contribution in [3.63, 3.8) is 0 Å². The van der Waals surface area contributed by atoms with Gasteiger partial charge >= 0.3 is 0 Å². The van der Waals surface area contributed by atoms with Crippen molar-refractivity contribution in [1.82, 2.24) is 5.16 Å². The molecule has 1 aromatic rings. The van der Waals surface area contributed by atoms with E-state index in [0.717, 1.165) is 25.2 Å². The highest BCUT2D eigenvalue weighted by atomic mass is 16.5. The fourth-order valence-corrected chi connectivity index (χ4v) is 1.26. The average Bonchev–Trinajstić information content (AvgIpc) is 2.55. The van der Waals surface area contributed by atoms with Crippen molar-refractivity contribution in [1.29, 1.82) is 0 Å². The second-order valence-electron chi connectivity index (χ2n) is 2.66. The van der Waals surface area contributed by atoms with Gasteiger partial charge in [0, 0.05) is 12.7 Å². The highest BCUT2D eigenvalue weighted by Gasteiger charge is 2.21. The van der Waals surface area contributed by atoms with E-state index in [4.69, 9.17) is 15.0 Å². The Bertz CT molecular complexity index is 240. The van der Waals surface area contributed by atoms with Crippen molar-refractivity contribution in [2.24, 2.45) is 0 Å². The van der Waals surface area contributed by atoms with Gasteiger partial charge in [-0.25, -0.2) is 0 Å². The summed E-state index contributed by atoms with van der Waals surface area (Å²) in [5.74, 6) is 1.18. The fourth-order valence-electron chi connectivity index (χ4n) is 1.26. The van der Waals surface area contributed by atoms with Crippen LogP contribution >= 0.6 is 0 Å². The maximum atomic E-state index is 5.39. The van der Waals surface area contributed by atoms with Gasteiger partial charge in [0.1, 0.15) is 6.10 Å². The van der Waals surface area contributed by atoms with Crippen molar-refractivity contribution in [3.8, 4) is 0 Å². The SMILES string of the molecule is Nc1cc(C2CCCO2)on1. The average molecular weight is 154 g/mol. The lowest BCUT2D eigenvalue weighted by molar-refractivity contribution is 0.0878. The van der Waals surface area contributed by atoms with Gasteiger partial charge < -0.3 is 15.0 Å². The van der Waals surface area contributed by atoms with Crippen molar-refractivity contribution in [3.05, 3.63) is 11.8 Å². The van der Waals surface area contributed by atoms with E-state index in [0.29, 0.717) is 5.82 Å². The summed E-state index contributed by atoms with van der Waals surface area (Å²) in [5.41, 5.74) is 5.39. The van der Waals surface area contributed by atoms with Crippen molar-refractivity contribution < 1.29 is 9.26 Å². The first-order chi connectivity index (χ1) is 5.36. The minimum Gasteiger partial charge on any atom is -0.381 e. The monoisotopic (exact) mass is 154 g/mol. The normalized spacial score (nSPS) is 24.2. The maximum Gasteiger partial charge on any atom is 0.167 e. The lowest BCUT2D eigenvalue weighted by Crippen LogP contribution is -1.92. The molecule has 0 radical (unpaired) electrons. The molecule has 0 spiro atoms. The van der Waals surface area contributed by atoms with Crippen molar-refractivity contribution >= 4 is 5.82 Å². The third kappa shape index (κ3) is 1.21. The number of nitrogens with two attached hydrogens (primary N) is 1. The second-order valence-corrected chi connectivity index (χ2v) is 2.66. The Balaban J connectivity index is 2.15. The van der Waals surface area contributed by atoms with E-state index in [9.17, 15) is 0 Å². The predicted molar refractivity (Wildman–Crippen MR) is 38.8 cm³/mol. The molecule has 4 nitrogen and oxygen atoms in total. The van der Waals surface area contributed by atoms with Gasteiger partial charge in [-0.1, -0.05) is 5.16 Å². The molecule has 0 bridgehead atoms. The van der Waals surface area contributed by atoms with Crippen LogP contribution in [-0.2, 0) is 4.74 Å². The van der Waals surface area contributed by atoms with E-state index < -0.39 is 0 Å². The number of ether oxygens (including phenoxy) is 1. The molecular weight excluding hydrogens is 144 g/mol. The Labute approximate surface area is 64.3 Å². The molecule has 60 valence electrons. The number of nitrogens with zero attached hydrogens (tertiary/aromatic N) is 1. The summed E-state index contributed by atoms with van der Waals surface area (Å²) in [6.45, 7) is 0.811. The summed E-state index contributed by atoms with van der Waals surface area (Å²) in [5, 5.41) is 3.58. The molecule has 1 aromatic heterocycles. The fraction of sp³-hybridized carbons (Fsp3) is 0.571. The third-order valence-electron chi connectivity index (χ3n) is 1.79. The number of rotatable bonds is 1. The Morgan fingerprint density at radius 1 is 1.64 bits per heavy atom. The molecule has 1 aliphatic heterocycles. The molecule has 4 heteroatoms. The van der Waals surface area contributed by atoms with Crippen LogP contribution in [0.3, 0.4) is 0 Å². The summed E-state index contributed by atoms with van der Waals surface area (Å²) in [4.78, 5) is 0. The van der Waals surface area contributed by atoms with E-state index in [-0.39, 0.29) is 6.10 Å². The Hall–Kier alpha value is -1.03. The second kappa shape index (κ2) is 2.54.